The summed E-state index contributed by atoms with van der Waals surface area (Å²) in [6.45, 7) is 0.900. The van der Waals surface area contributed by atoms with Gasteiger partial charge in [-0.15, -0.1) is 0 Å². The molecule has 2 aromatic rings. The zero-order chi connectivity index (χ0) is 12.8. The topological polar surface area (TPSA) is 59.6 Å². The molecular formula is C12H12IN3O2. The van der Waals surface area contributed by atoms with E-state index in [9.17, 15) is 0 Å². The molecule has 0 atom stereocenters. The van der Waals surface area contributed by atoms with E-state index in [-0.39, 0.29) is 0 Å². The Hall–Kier alpha value is -1.41. The maximum Gasteiger partial charge on any atom is 0.157 e. The van der Waals surface area contributed by atoms with Crippen molar-refractivity contribution in [3.05, 3.63) is 51.6 Å². The van der Waals surface area contributed by atoms with Crippen molar-refractivity contribution in [3.8, 4) is 0 Å². The first-order valence-corrected chi connectivity index (χ1v) is 6.39. The Morgan fingerprint density at radius 2 is 2.17 bits per heavy atom. The third-order valence-electron chi connectivity index (χ3n) is 2.29. The van der Waals surface area contributed by atoms with Gasteiger partial charge in [-0.3, -0.25) is 0 Å². The molecule has 0 saturated heterocycles. The van der Waals surface area contributed by atoms with Gasteiger partial charge in [0.1, 0.15) is 16.6 Å². The molecule has 1 aromatic carbocycles. The van der Waals surface area contributed by atoms with E-state index in [4.69, 9.17) is 9.94 Å². The molecule has 0 spiro atoms. The zero-order valence-electron chi connectivity index (χ0n) is 9.53. The van der Waals surface area contributed by atoms with Crippen molar-refractivity contribution in [3.63, 3.8) is 0 Å². The van der Waals surface area contributed by atoms with Crippen LogP contribution in [-0.2, 0) is 18.1 Å². The highest BCUT2D eigenvalue weighted by atomic mass is 127. The molecule has 0 aliphatic rings. The minimum absolute atomic E-state index is 0.367. The van der Waals surface area contributed by atoms with Crippen LogP contribution in [0.15, 0.2) is 41.7 Å². The molecule has 0 aliphatic heterocycles. The van der Waals surface area contributed by atoms with Crippen LogP contribution in [0, 0.1) is 3.70 Å². The number of ether oxygens (including phenoxy) is 1. The average Bonchev–Trinajstić information content (AvgIpc) is 2.72. The van der Waals surface area contributed by atoms with Crippen molar-refractivity contribution in [2.75, 3.05) is 0 Å². The Balaban J connectivity index is 1.94. The molecule has 6 heteroatoms. The van der Waals surface area contributed by atoms with E-state index in [0.717, 1.165) is 9.26 Å². The van der Waals surface area contributed by atoms with E-state index in [2.05, 4.69) is 32.7 Å². The second-order valence-corrected chi connectivity index (χ2v) is 4.70. The number of rotatable bonds is 5. The van der Waals surface area contributed by atoms with Gasteiger partial charge in [0.2, 0.25) is 0 Å². The number of oxime groups is 1. The van der Waals surface area contributed by atoms with Crippen molar-refractivity contribution in [1.82, 2.24) is 9.55 Å². The van der Waals surface area contributed by atoms with Gasteiger partial charge < -0.3 is 14.5 Å². The number of benzene rings is 1. The highest BCUT2D eigenvalue weighted by molar-refractivity contribution is 14.1. The van der Waals surface area contributed by atoms with Crippen LogP contribution in [0.25, 0.3) is 0 Å². The lowest BCUT2D eigenvalue weighted by atomic mass is 10.2. The number of hydrogen-bond donors (Lipinski definition) is 1. The molecule has 0 radical (unpaired) electrons. The summed E-state index contributed by atoms with van der Waals surface area (Å²) in [5.41, 5.74) is 1.12. The maximum atomic E-state index is 8.53. The monoisotopic (exact) mass is 357 g/mol. The Bertz CT molecular complexity index is 525. The van der Waals surface area contributed by atoms with Gasteiger partial charge in [0.15, 0.2) is 5.82 Å². The molecule has 0 bridgehead atoms. The normalized spacial score (nSPS) is 11.2. The van der Waals surface area contributed by atoms with Gasteiger partial charge >= 0.3 is 0 Å². The molecule has 2 rings (SSSR count). The van der Waals surface area contributed by atoms with Crippen molar-refractivity contribution >= 4 is 28.8 Å². The van der Waals surface area contributed by atoms with Crippen LogP contribution < -0.4 is 0 Å². The van der Waals surface area contributed by atoms with Crippen LogP contribution in [0.1, 0.15) is 11.4 Å². The van der Waals surface area contributed by atoms with Crippen LogP contribution in [-0.4, -0.2) is 21.0 Å². The van der Waals surface area contributed by atoms with Gasteiger partial charge in [-0.25, -0.2) is 4.98 Å². The molecule has 1 N–H and O–H groups in total. The van der Waals surface area contributed by atoms with Gasteiger partial charge in [0, 0.05) is 6.20 Å². The largest absolute Gasteiger partial charge is 0.411 e. The Morgan fingerprint density at radius 1 is 1.39 bits per heavy atom. The van der Waals surface area contributed by atoms with E-state index in [1.165, 1.54) is 6.21 Å². The molecule has 0 amide bonds. The summed E-state index contributed by atoms with van der Waals surface area (Å²) in [5.74, 6) is 0.565. The lowest BCUT2D eigenvalue weighted by Gasteiger charge is -2.06. The van der Waals surface area contributed by atoms with Crippen LogP contribution in [0.3, 0.4) is 0 Å². The molecule has 18 heavy (non-hydrogen) atoms. The van der Waals surface area contributed by atoms with E-state index >= 15 is 0 Å². The third kappa shape index (κ3) is 3.54. The quantitative estimate of drug-likeness (QED) is 0.387. The van der Waals surface area contributed by atoms with Crippen LogP contribution >= 0.6 is 22.6 Å². The molecule has 5 nitrogen and oxygen atoms in total. The van der Waals surface area contributed by atoms with Crippen molar-refractivity contribution in [2.24, 2.45) is 5.16 Å². The van der Waals surface area contributed by atoms with E-state index in [0.29, 0.717) is 19.2 Å². The standard InChI is InChI=1S/C12H12IN3O2/c13-11-7-16(12(15-11)6-14-17)9-18-8-10-4-2-1-3-5-10/h1-7,17H,8-9H2/b14-6-. The third-order valence-corrected chi connectivity index (χ3v) is 2.81. The van der Waals surface area contributed by atoms with Crippen molar-refractivity contribution < 1.29 is 9.94 Å². The molecule has 0 saturated carbocycles. The summed E-state index contributed by atoms with van der Waals surface area (Å²) in [6.07, 6.45) is 3.12. The van der Waals surface area contributed by atoms with Gasteiger partial charge in [-0.1, -0.05) is 35.5 Å². The fourth-order valence-electron chi connectivity index (χ4n) is 1.49. The highest BCUT2D eigenvalue weighted by Gasteiger charge is 2.04. The van der Waals surface area contributed by atoms with Crippen LogP contribution in [0.5, 0.6) is 0 Å². The maximum absolute atomic E-state index is 8.53. The summed E-state index contributed by atoms with van der Waals surface area (Å²) in [7, 11) is 0. The zero-order valence-corrected chi connectivity index (χ0v) is 11.7. The fourth-order valence-corrected chi connectivity index (χ4v) is 2.07. The van der Waals surface area contributed by atoms with Gasteiger partial charge in [-0.05, 0) is 28.2 Å². The Morgan fingerprint density at radius 3 is 2.89 bits per heavy atom. The second kappa shape index (κ2) is 6.50. The fraction of sp³-hybridized carbons (Fsp3) is 0.167. The van der Waals surface area contributed by atoms with Gasteiger partial charge in [0.25, 0.3) is 0 Å². The molecule has 1 aromatic heterocycles. The number of imidazole rings is 1. The van der Waals surface area contributed by atoms with Crippen LogP contribution in [0.4, 0.5) is 0 Å². The Kier molecular flexibility index (Phi) is 4.71. The summed E-state index contributed by atoms with van der Waals surface area (Å²) in [4.78, 5) is 4.19. The second-order valence-electron chi connectivity index (χ2n) is 3.60. The van der Waals surface area contributed by atoms with Crippen molar-refractivity contribution in [2.45, 2.75) is 13.3 Å². The first-order chi connectivity index (χ1) is 8.79. The Labute approximate surface area is 118 Å². The summed E-state index contributed by atoms with van der Waals surface area (Å²) < 4.78 is 8.19. The van der Waals surface area contributed by atoms with E-state index in [1.807, 2.05) is 36.5 Å². The predicted molar refractivity (Wildman–Crippen MR) is 75.6 cm³/mol. The number of halogens is 1. The lowest BCUT2D eigenvalue weighted by molar-refractivity contribution is 0.0636. The number of nitrogens with zero attached hydrogens (tertiary/aromatic N) is 3. The molecule has 1 heterocycles. The predicted octanol–water partition coefficient (Wildman–Crippen LogP) is 2.47. The number of hydrogen-bond acceptors (Lipinski definition) is 4. The molecule has 0 unspecified atom stereocenters. The van der Waals surface area contributed by atoms with Crippen LogP contribution in [0.2, 0.25) is 0 Å². The minimum Gasteiger partial charge on any atom is -0.411 e. The SMILES string of the molecule is O/N=C\c1nc(I)cn1COCc1ccccc1. The highest BCUT2D eigenvalue weighted by Crippen LogP contribution is 2.06. The van der Waals surface area contributed by atoms with Gasteiger partial charge in [0.05, 0.1) is 6.61 Å². The average molecular weight is 357 g/mol. The van der Waals surface area contributed by atoms with E-state index in [1.54, 1.807) is 4.57 Å². The van der Waals surface area contributed by atoms with Gasteiger partial charge in [-0.2, -0.15) is 0 Å². The van der Waals surface area contributed by atoms with E-state index < -0.39 is 0 Å². The molecule has 94 valence electrons. The molecular weight excluding hydrogens is 345 g/mol. The minimum atomic E-state index is 0.367. The first-order valence-electron chi connectivity index (χ1n) is 5.31. The summed E-state index contributed by atoms with van der Waals surface area (Å²) >= 11 is 2.10. The summed E-state index contributed by atoms with van der Waals surface area (Å²) in [6, 6.07) is 9.93. The molecule has 0 aliphatic carbocycles. The van der Waals surface area contributed by atoms with Crippen molar-refractivity contribution in [1.29, 1.82) is 0 Å². The molecule has 0 fully saturated rings. The smallest absolute Gasteiger partial charge is 0.157 e. The summed E-state index contributed by atoms with van der Waals surface area (Å²) in [5, 5.41) is 11.5. The number of aromatic nitrogens is 2. The lowest BCUT2D eigenvalue weighted by Crippen LogP contribution is -2.05. The first kappa shape index (κ1) is 13.0.